The van der Waals surface area contributed by atoms with E-state index in [9.17, 15) is 9.90 Å². The van der Waals surface area contributed by atoms with Gasteiger partial charge in [0, 0.05) is 12.6 Å². The summed E-state index contributed by atoms with van der Waals surface area (Å²) in [7, 11) is 0. The van der Waals surface area contributed by atoms with E-state index in [2.05, 4.69) is 11.9 Å². The zero-order chi connectivity index (χ0) is 9.78. The van der Waals surface area contributed by atoms with Crippen molar-refractivity contribution in [2.24, 2.45) is 0 Å². The molecular formula is C8H15NO3. The Morgan fingerprint density at radius 3 is 2.67 bits per heavy atom. The number of hydrogen-bond donors (Lipinski definition) is 3. The predicted molar refractivity (Wildman–Crippen MR) is 45.9 cm³/mol. The van der Waals surface area contributed by atoms with Gasteiger partial charge in [-0.25, -0.2) is 4.79 Å². The lowest BCUT2D eigenvalue weighted by Gasteiger charge is -2.20. The van der Waals surface area contributed by atoms with Crippen LogP contribution in [0.3, 0.4) is 0 Å². The Kier molecular flexibility index (Phi) is 3.92. The van der Waals surface area contributed by atoms with Gasteiger partial charge >= 0.3 is 5.97 Å². The van der Waals surface area contributed by atoms with E-state index in [0.717, 1.165) is 0 Å². The van der Waals surface area contributed by atoms with Gasteiger partial charge in [0.2, 0.25) is 0 Å². The van der Waals surface area contributed by atoms with Gasteiger partial charge in [0.05, 0.1) is 0 Å². The molecule has 0 spiro atoms. The van der Waals surface area contributed by atoms with Gasteiger partial charge in [-0.05, 0) is 13.8 Å². The van der Waals surface area contributed by atoms with Crippen molar-refractivity contribution in [1.29, 1.82) is 0 Å². The van der Waals surface area contributed by atoms with Crippen molar-refractivity contribution in [1.82, 2.24) is 5.32 Å². The molecule has 0 saturated heterocycles. The minimum absolute atomic E-state index is 0.00387. The van der Waals surface area contributed by atoms with E-state index in [1.54, 1.807) is 6.08 Å². The van der Waals surface area contributed by atoms with E-state index < -0.39 is 11.6 Å². The molecule has 2 unspecified atom stereocenters. The summed E-state index contributed by atoms with van der Waals surface area (Å²) in [5.41, 5.74) is -1.71. The minimum atomic E-state index is -1.71. The highest BCUT2D eigenvalue weighted by atomic mass is 16.4. The van der Waals surface area contributed by atoms with Gasteiger partial charge in [0.25, 0.3) is 0 Å². The van der Waals surface area contributed by atoms with E-state index in [1.807, 2.05) is 6.92 Å². The molecule has 0 aliphatic rings. The Morgan fingerprint density at radius 1 is 1.83 bits per heavy atom. The molecule has 0 aliphatic carbocycles. The highest BCUT2D eigenvalue weighted by Crippen LogP contribution is 2.01. The second-order valence-electron chi connectivity index (χ2n) is 2.98. The van der Waals surface area contributed by atoms with E-state index >= 15 is 0 Å². The summed E-state index contributed by atoms with van der Waals surface area (Å²) in [6.45, 7) is 6.60. The van der Waals surface area contributed by atoms with Crippen LogP contribution >= 0.6 is 0 Å². The zero-order valence-corrected chi connectivity index (χ0v) is 7.37. The third kappa shape index (κ3) is 3.50. The lowest BCUT2D eigenvalue weighted by atomic mass is 10.1. The Hall–Kier alpha value is -0.870. The second-order valence-corrected chi connectivity index (χ2v) is 2.98. The van der Waals surface area contributed by atoms with Gasteiger partial charge in [-0.2, -0.15) is 0 Å². The third-order valence-electron chi connectivity index (χ3n) is 1.58. The maximum atomic E-state index is 10.4. The molecule has 70 valence electrons. The highest BCUT2D eigenvalue weighted by molar-refractivity contribution is 5.76. The summed E-state index contributed by atoms with van der Waals surface area (Å²) in [5.74, 6) is -1.23. The van der Waals surface area contributed by atoms with Crippen molar-refractivity contribution in [2.75, 3.05) is 6.54 Å². The van der Waals surface area contributed by atoms with E-state index in [1.165, 1.54) is 6.92 Å². The van der Waals surface area contributed by atoms with Crippen molar-refractivity contribution in [3.8, 4) is 0 Å². The van der Waals surface area contributed by atoms with E-state index in [-0.39, 0.29) is 12.6 Å². The summed E-state index contributed by atoms with van der Waals surface area (Å²) in [6.07, 6.45) is 1.64. The molecular weight excluding hydrogens is 158 g/mol. The predicted octanol–water partition coefficient (Wildman–Crippen LogP) is -0.0139. The fourth-order valence-electron chi connectivity index (χ4n) is 0.519. The number of carbonyl (C=O) groups is 1. The van der Waals surface area contributed by atoms with Crippen LogP contribution in [0, 0.1) is 0 Å². The molecule has 4 nitrogen and oxygen atoms in total. The van der Waals surface area contributed by atoms with Crippen molar-refractivity contribution in [3.05, 3.63) is 12.7 Å². The monoisotopic (exact) mass is 173 g/mol. The molecule has 0 aromatic rings. The van der Waals surface area contributed by atoms with Crippen molar-refractivity contribution < 1.29 is 15.0 Å². The molecule has 12 heavy (non-hydrogen) atoms. The van der Waals surface area contributed by atoms with Crippen LogP contribution in [0.1, 0.15) is 13.8 Å². The summed E-state index contributed by atoms with van der Waals surface area (Å²) < 4.78 is 0. The lowest BCUT2D eigenvalue weighted by Crippen LogP contribution is -2.46. The van der Waals surface area contributed by atoms with Crippen molar-refractivity contribution >= 4 is 5.97 Å². The topological polar surface area (TPSA) is 69.6 Å². The molecule has 0 aromatic heterocycles. The molecule has 2 atom stereocenters. The van der Waals surface area contributed by atoms with Crippen LogP contribution in [0.2, 0.25) is 0 Å². The highest BCUT2D eigenvalue weighted by Gasteiger charge is 2.29. The molecule has 0 fully saturated rings. The number of hydrogen-bond acceptors (Lipinski definition) is 3. The van der Waals surface area contributed by atoms with E-state index in [0.29, 0.717) is 0 Å². The Bertz CT molecular complexity index is 177. The quantitative estimate of drug-likeness (QED) is 0.511. The molecule has 0 radical (unpaired) electrons. The molecule has 0 aliphatic heterocycles. The Morgan fingerprint density at radius 2 is 2.33 bits per heavy atom. The van der Waals surface area contributed by atoms with Gasteiger partial charge in [-0.3, -0.25) is 0 Å². The second kappa shape index (κ2) is 4.23. The van der Waals surface area contributed by atoms with Gasteiger partial charge in [0.15, 0.2) is 5.60 Å². The average molecular weight is 173 g/mol. The van der Waals surface area contributed by atoms with Gasteiger partial charge in [-0.1, -0.05) is 6.08 Å². The SMILES string of the molecule is C=CC(C)NCC(C)(O)C(=O)O. The molecule has 0 saturated carbocycles. The lowest BCUT2D eigenvalue weighted by molar-refractivity contribution is -0.156. The first kappa shape index (κ1) is 11.1. The first-order chi connectivity index (χ1) is 5.40. The van der Waals surface area contributed by atoms with E-state index in [4.69, 9.17) is 5.11 Å². The van der Waals surface area contributed by atoms with Crippen molar-refractivity contribution in [2.45, 2.75) is 25.5 Å². The minimum Gasteiger partial charge on any atom is -0.479 e. The fourth-order valence-corrected chi connectivity index (χ4v) is 0.519. The van der Waals surface area contributed by atoms with Crippen LogP contribution in [-0.2, 0) is 4.79 Å². The molecule has 0 heterocycles. The number of nitrogens with one attached hydrogen (secondary N) is 1. The summed E-state index contributed by atoms with van der Waals surface area (Å²) >= 11 is 0. The number of aliphatic carboxylic acids is 1. The molecule has 0 aromatic carbocycles. The number of carboxylic acids is 1. The normalized spacial score (nSPS) is 17.9. The van der Waals surface area contributed by atoms with Crippen LogP contribution < -0.4 is 5.32 Å². The Labute approximate surface area is 71.9 Å². The van der Waals surface area contributed by atoms with Crippen LogP contribution in [0.15, 0.2) is 12.7 Å². The molecule has 4 heteroatoms. The maximum absolute atomic E-state index is 10.4. The zero-order valence-electron chi connectivity index (χ0n) is 7.37. The first-order valence-corrected chi connectivity index (χ1v) is 3.72. The van der Waals surface area contributed by atoms with Gasteiger partial charge in [-0.15, -0.1) is 6.58 Å². The van der Waals surface area contributed by atoms with Gasteiger partial charge < -0.3 is 15.5 Å². The fraction of sp³-hybridized carbons (Fsp3) is 0.625. The van der Waals surface area contributed by atoms with Gasteiger partial charge in [0.1, 0.15) is 0 Å². The van der Waals surface area contributed by atoms with Crippen molar-refractivity contribution in [3.63, 3.8) is 0 Å². The molecule has 3 N–H and O–H groups in total. The number of aliphatic hydroxyl groups is 1. The molecule has 0 rings (SSSR count). The smallest absolute Gasteiger partial charge is 0.336 e. The molecule has 0 amide bonds. The summed E-state index contributed by atoms with van der Waals surface area (Å²) in [6, 6.07) is -0.00387. The largest absolute Gasteiger partial charge is 0.479 e. The standard InChI is InChI=1S/C8H15NO3/c1-4-6(2)9-5-8(3,12)7(10)11/h4,6,9,12H,1,5H2,2-3H3,(H,10,11). The summed E-state index contributed by atoms with van der Waals surface area (Å²) in [4.78, 5) is 10.4. The van der Waals surface area contributed by atoms with Crippen LogP contribution in [0.4, 0.5) is 0 Å². The maximum Gasteiger partial charge on any atom is 0.336 e. The third-order valence-corrected chi connectivity index (χ3v) is 1.58. The van der Waals surface area contributed by atoms with Crippen LogP contribution in [0.5, 0.6) is 0 Å². The number of carboxylic acid groups (broad SMARTS) is 1. The van der Waals surface area contributed by atoms with Crippen LogP contribution in [-0.4, -0.2) is 34.4 Å². The number of rotatable bonds is 5. The molecule has 0 bridgehead atoms. The summed E-state index contributed by atoms with van der Waals surface area (Å²) in [5, 5.41) is 20.6. The Balaban J connectivity index is 3.91. The first-order valence-electron chi connectivity index (χ1n) is 3.72. The van der Waals surface area contributed by atoms with Crippen LogP contribution in [0.25, 0.3) is 0 Å². The average Bonchev–Trinajstić information content (AvgIpc) is 2.00.